The SMILES string of the molecule is CC(C)c1ccccc1NC(=O)/C(C#N)=C\NCCC(=O)O. The highest BCUT2D eigenvalue weighted by Crippen LogP contribution is 2.23. The molecular weight excluding hydrogens is 282 g/mol. The lowest BCUT2D eigenvalue weighted by molar-refractivity contribution is -0.136. The van der Waals surface area contributed by atoms with Crippen LogP contribution in [0.5, 0.6) is 0 Å². The normalized spacial score (nSPS) is 10.9. The maximum atomic E-state index is 12.1. The smallest absolute Gasteiger partial charge is 0.305 e. The molecule has 116 valence electrons. The van der Waals surface area contributed by atoms with Gasteiger partial charge in [-0.15, -0.1) is 0 Å². The molecule has 0 fully saturated rings. The number of carboxylic acids is 1. The fourth-order valence-electron chi connectivity index (χ4n) is 1.81. The van der Waals surface area contributed by atoms with Crippen molar-refractivity contribution in [2.24, 2.45) is 0 Å². The van der Waals surface area contributed by atoms with Gasteiger partial charge in [0.25, 0.3) is 5.91 Å². The maximum absolute atomic E-state index is 12.1. The molecule has 0 saturated heterocycles. The van der Waals surface area contributed by atoms with Crippen molar-refractivity contribution in [3.05, 3.63) is 41.6 Å². The van der Waals surface area contributed by atoms with E-state index in [-0.39, 0.29) is 24.5 Å². The molecule has 0 aliphatic carbocycles. The zero-order chi connectivity index (χ0) is 16.5. The summed E-state index contributed by atoms with van der Waals surface area (Å²) in [5.74, 6) is -1.24. The number of para-hydroxylation sites is 1. The van der Waals surface area contributed by atoms with Crippen LogP contribution in [0.1, 0.15) is 31.7 Å². The van der Waals surface area contributed by atoms with Crippen LogP contribution in [-0.4, -0.2) is 23.5 Å². The van der Waals surface area contributed by atoms with Crippen molar-refractivity contribution in [2.45, 2.75) is 26.2 Å². The maximum Gasteiger partial charge on any atom is 0.305 e. The summed E-state index contributed by atoms with van der Waals surface area (Å²) in [4.78, 5) is 22.5. The molecule has 6 nitrogen and oxygen atoms in total. The summed E-state index contributed by atoms with van der Waals surface area (Å²) in [6, 6.07) is 9.19. The third-order valence-electron chi connectivity index (χ3n) is 2.93. The van der Waals surface area contributed by atoms with Gasteiger partial charge in [0.15, 0.2) is 0 Å². The lowest BCUT2D eigenvalue weighted by Crippen LogP contribution is -2.19. The predicted molar refractivity (Wildman–Crippen MR) is 83.1 cm³/mol. The van der Waals surface area contributed by atoms with E-state index in [0.717, 1.165) is 5.56 Å². The number of hydrogen-bond acceptors (Lipinski definition) is 4. The summed E-state index contributed by atoms with van der Waals surface area (Å²) in [5.41, 5.74) is 1.53. The molecule has 0 aliphatic rings. The highest BCUT2D eigenvalue weighted by atomic mass is 16.4. The summed E-state index contributed by atoms with van der Waals surface area (Å²) in [7, 11) is 0. The molecule has 1 aromatic carbocycles. The number of carbonyl (C=O) groups is 2. The number of rotatable bonds is 7. The zero-order valence-electron chi connectivity index (χ0n) is 12.6. The summed E-state index contributed by atoms with van der Waals surface area (Å²) in [5, 5.41) is 22.9. The second-order valence-corrected chi connectivity index (χ2v) is 4.96. The Hall–Kier alpha value is -2.81. The van der Waals surface area contributed by atoms with E-state index in [4.69, 9.17) is 10.4 Å². The van der Waals surface area contributed by atoms with Crippen molar-refractivity contribution < 1.29 is 14.7 Å². The third kappa shape index (κ3) is 5.29. The van der Waals surface area contributed by atoms with Crippen LogP contribution in [0.25, 0.3) is 0 Å². The van der Waals surface area contributed by atoms with Crippen molar-refractivity contribution >= 4 is 17.6 Å². The summed E-state index contributed by atoms with van der Waals surface area (Å²) < 4.78 is 0. The van der Waals surface area contributed by atoms with Gasteiger partial charge >= 0.3 is 5.97 Å². The van der Waals surface area contributed by atoms with Crippen molar-refractivity contribution in [3.63, 3.8) is 0 Å². The third-order valence-corrected chi connectivity index (χ3v) is 2.93. The molecule has 0 spiro atoms. The molecule has 0 unspecified atom stereocenters. The lowest BCUT2D eigenvalue weighted by Gasteiger charge is -2.13. The number of nitriles is 1. The minimum absolute atomic E-state index is 0.0903. The number of anilines is 1. The van der Waals surface area contributed by atoms with Gasteiger partial charge in [0.1, 0.15) is 11.6 Å². The molecule has 0 heterocycles. The van der Waals surface area contributed by atoms with Gasteiger partial charge in [0, 0.05) is 18.4 Å². The molecule has 1 rings (SSSR count). The molecular formula is C16H19N3O3. The largest absolute Gasteiger partial charge is 0.481 e. The molecule has 0 atom stereocenters. The Labute approximate surface area is 129 Å². The number of hydrogen-bond donors (Lipinski definition) is 3. The van der Waals surface area contributed by atoms with E-state index in [1.54, 1.807) is 12.1 Å². The highest BCUT2D eigenvalue weighted by molar-refractivity contribution is 6.06. The molecule has 0 aliphatic heterocycles. The van der Waals surface area contributed by atoms with E-state index in [2.05, 4.69) is 10.6 Å². The molecule has 1 amide bonds. The van der Waals surface area contributed by atoms with E-state index < -0.39 is 11.9 Å². The van der Waals surface area contributed by atoms with Gasteiger partial charge < -0.3 is 15.7 Å². The van der Waals surface area contributed by atoms with E-state index in [1.807, 2.05) is 32.0 Å². The molecule has 22 heavy (non-hydrogen) atoms. The highest BCUT2D eigenvalue weighted by Gasteiger charge is 2.12. The van der Waals surface area contributed by atoms with Gasteiger partial charge in [-0.2, -0.15) is 5.26 Å². The van der Waals surface area contributed by atoms with Gasteiger partial charge in [0.2, 0.25) is 0 Å². The minimum atomic E-state index is -0.949. The van der Waals surface area contributed by atoms with Crippen LogP contribution in [0.2, 0.25) is 0 Å². The Bertz CT molecular complexity index is 615. The van der Waals surface area contributed by atoms with E-state index >= 15 is 0 Å². The Morgan fingerprint density at radius 3 is 2.64 bits per heavy atom. The number of carboxylic acid groups (broad SMARTS) is 1. The van der Waals surface area contributed by atoms with Crippen LogP contribution in [0.3, 0.4) is 0 Å². The Morgan fingerprint density at radius 1 is 1.36 bits per heavy atom. The first-order valence-electron chi connectivity index (χ1n) is 6.91. The summed E-state index contributed by atoms with van der Waals surface area (Å²) in [6.07, 6.45) is 1.14. The molecule has 1 aromatic rings. The van der Waals surface area contributed by atoms with Gasteiger partial charge in [-0.3, -0.25) is 9.59 Å². The van der Waals surface area contributed by atoms with Crippen molar-refractivity contribution in [1.29, 1.82) is 5.26 Å². The van der Waals surface area contributed by atoms with Crippen LogP contribution < -0.4 is 10.6 Å². The first-order chi connectivity index (χ1) is 10.5. The van der Waals surface area contributed by atoms with Gasteiger partial charge in [-0.05, 0) is 17.5 Å². The number of amides is 1. The molecule has 3 N–H and O–H groups in total. The van der Waals surface area contributed by atoms with Crippen LogP contribution >= 0.6 is 0 Å². The van der Waals surface area contributed by atoms with E-state index in [9.17, 15) is 9.59 Å². The second kappa shape index (κ2) is 8.47. The first kappa shape index (κ1) is 17.2. The van der Waals surface area contributed by atoms with Gasteiger partial charge in [0.05, 0.1) is 6.42 Å². The Morgan fingerprint density at radius 2 is 2.05 bits per heavy atom. The van der Waals surface area contributed by atoms with Gasteiger partial charge in [-0.1, -0.05) is 32.0 Å². The predicted octanol–water partition coefficient (Wildman–Crippen LogP) is 2.22. The lowest BCUT2D eigenvalue weighted by atomic mass is 10.0. The number of nitrogens with zero attached hydrogens (tertiary/aromatic N) is 1. The minimum Gasteiger partial charge on any atom is -0.481 e. The molecule has 0 aromatic heterocycles. The number of benzene rings is 1. The topological polar surface area (TPSA) is 102 Å². The average molecular weight is 301 g/mol. The standard InChI is InChI=1S/C16H19N3O3/c1-11(2)13-5-3-4-6-14(13)19-16(22)12(9-17)10-18-8-7-15(20)21/h3-6,10-11,18H,7-8H2,1-2H3,(H,19,22)(H,20,21)/b12-10-. The van der Waals surface area contributed by atoms with Gasteiger partial charge in [-0.25, -0.2) is 0 Å². The second-order valence-electron chi connectivity index (χ2n) is 4.96. The van der Waals surface area contributed by atoms with Crippen molar-refractivity contribution in [2.75, 3.05) is 11.9 Å². The molecule has 0 bridgehead atoms. The van der Waals surface area contributed by atoms with Crippen molar-refractivity contribution in [1.82, 2.24) is 5.32 Å². The van der Waals surface area contributed by atoms with E-state index in [0.29, 0.717) is 5.69 Å². The van der Waals surface area contributed by atoms with Crippen LogP contribution in [0.4, 0.5) is 5.69 Å². The Balaban J connectivity index is 2.76. The zero-order valence-corrected chi connectivity index (χ0v) is 12.6. The van der Waals surface area contributed by atoms with Crippen LogP contribution in [-0.2, 0) is 9.59 Å². The van der Waals surface area contributed by atoms with Crippen molar-refractivity contribution in [3.8, 4) is 6.07 Å². The molecule has 0 saturated carbocycles. The Kier molecular flexibility index (Phi) is 6.64. The first-order valence-corrected chi connectivity index (χ1v) is 6.91. The summed E-state index contributed by atoms with van der Waals surface area (Å²) >= 11 is 0. The number of nitrogens with one attached hydrogen (secondary N) is 2. The monoisotopic (exact) mass is 301 g/mol. The van der Waals surface area contributed by atoms with Crippen LogP contribution in [0, 0.1) is 11.3 Å². The fourth-order valence-corrected chi connectivity index (χ4v) is 1.81. The quantitative estimate of drug-likeness (QED) is 0.407. The molecule has 0 radical (unpaired) electrons. The number of carbonyl (C=O) groups excluding carboxylic acids is 1. The summed E-state index contributed by atoms with van der Waals surface area (Å²) in [6.45, 7) is 4.18. The van der Waals surface area contributed by atoms with E-state index in [1.165, 1.54) is 6.20 Å². The molecule has 6 heteroatoms. The number of aliphatic carboxylic acids is 1. The van der Waals surface area contributed by atoms with Crippen LogP contribution in [0.15, 0.2) is 36.0 Å². The fraction of sp³-hybridized carbons (Fsp3) is 0.312. The average Bonchev–Trinajstić information content (AvgIpc) is 2.47.